The third-order valence-corrected chi connectivity index (χ3v) is 4.92. The fourth-order valence-electron chi connectivity index (χ4n) is 2.65. The fourth-order valence-corrected chi connectivity index (χ4v) is 3.04. The van der Waals surface area contributed by atoms with Gasteiger partial charge in [0.25, 0.3) is 10.1 Å². The number of aliphatic hydroxyl groups is 1. The van der Waals surface area contributed by atoms with Gasteiger partial charge < -0.3 is 24.6 Å². The van der Waals surface area contributed by atoms with Gasteiger partial charge in [0.1, 0.15) is 18.8 Å². The van der Waals surface area contributed by atoms with Crippen molar-refractivity contribution in [3.05, 3.63) is 59.8 Å². The van der Waals surface area contributed by atoms with Gasteiger partial charge in [-0.05, 0) is 11.6 Å². The molecule has 1 unspecified atom stereocenters. The average Bonchev–Trinajstić information content (AvgIpc) is 2.72. The van der Waals surface area contributed by atoms with E-state index in [-0.39, 0.29) is 12.7 Å². The molecular formula is C20H24N2O8S. The molecule has 2 N–H and O–H groups in total. The molecule has 10 nitrogen and oxygen atoms in total. The van der Waals surface area contributed by atoms with Gasteiger partial charge in [-0.15, -0.1) is 0 Å². The molecule has 0 aliphatic carbocycles. The lowest BCUT2D eigenvalue weighted by Crippen LogP contribution is -2.43. The number of hydrogen-bond donors (Lipinski definition) is 2. The highest BCUT2D eigenvalue weighted by atomic mass is 32.2. The highest BCUT2D eigenvalue weighted by Gasteiger charge is 2.26. The molecule has 1 fully saturated rings. The van der Waals surface area contributed by atoms with Crippen LogP contribution >= 0.6 is 0 Å². The van der Waals surface area contributed by atoms with Crippen LogP contribution in [0.4, 0.5) is 4.79 Å². The summed E-state index contributed by atoms with van der Waals surface area (Å²) in [5.74, 6) is 0.364. The predicted octanol–water partition coefficient (Wildman–Crippen LogP) is 1.16. The molecule has 2 heterocycles. The number of ether oxygens (including phenoxy) is 3. The van der Waals surface area contributed by atoms with Crippen molar-refractivity contribution >= 4 is 16.2 Å². The Hall–Kier alpha value is -2.73. The maximum Gasteiger partial charge on any atom is 0.407 e. The van der Waals surface area contributed by atoms with E-state index in [0.29, 0.717) is 24.7 Å². The number of hydrogen-bond acceptors (Lipinski definition) is 9. The lowest BCUT2D eigenvalue weighted by atomic mass is 10.1. The Morgan fingerprint density at radius 1 is 1.26 bits per heavy atom. The lowest BCUT2D eigenvalue weighted by molar-refractivity contribution is -0.0813. The van der Waals surface area contributed by atoms with Crippen molar-refractivity contribution in [3.63, 3.8) is 0 Å². The van der Waals surface area contributed by atoms with Gasteiger partial charge in [0.15, 0.2) is 0 Å². The van der Waals surface area contributed by atoms with Crippen molar-refractivity contribution < 1.29 is 36.7 Å². The van der Waals surface area contributed by atoms with Gasteiger partial charge in [-0.25, -0.2) is 9.78 Å². The summed E-state index contributed by atoms with van der Waals surface area (Å²) in [6.07, 6.45) is 0.0640. The number of aromatic nitrogens is 1. The first-order valence-corrected chi connectivity index (χ1v) is 11.3. The van der Waals surface area contributed by atoms with Crippen LogP contribution in [0.5, 0.6) is 5.88 Å². The topological polar surface area (TPSA) is 133 Å². The Kier molecular flexibility index (Phi) is 7.80. The van der Waals surface area contributed by atoms with Crippen LogP contribution in [0.1, 0.15) is 17.2 Å². The first-order valence-electron chi connectivity index (χ1n) is 9.50. The summed E-state index contributed by atoms with van der Waals surface area (Å²) in [5.41, 5.74) is 1.11. The summed E-state index contributed by atoms with van der Waals surface area (Å²) in [4.78, 5) is 16.3. The Morgan fingerprint density at radius 3 is 2.58 bits per heavy atom. The van der Waals surface area contributed by atoms with E-state index in [1.54, 1.807) is 24.3 Å². The normalized spacial score (nSPS) is 16.1. The largest absolute Gasteiger partial charge is 0.469 e. The minimum atomic E-state index is -3.79. The number of pyridine rings is 1. The van der Waals surface area contributed by atoms with Crippen LogP contribution in [0.15, 0.2) is 48.7 Å². The van der Waals surface area contributed by atoms with Gasteiger partial charge in [0.2, 0.25) is 5.88 Å². The molecule has 0 bridgehead atoms. The van der Waals surface area contributed by atoms with Crippen LogP contribution in [0, 0.1) is 0 Å². The van der Waals surface area contributed by atoms with Crippen molar-refractivity contribution in [1.82, 2.24) is 10.3 Å². The first kappa shape index (κ1) is 22.9. The second kappa shape index (κ2) is 10.5. The van der Waals surface area contributed by atoms with E-state index >= 15 is 0 Å². The van der Waals surface area contributed by atoms with Gasteiger partial charge >= 0.3 is 6.09 Å². The second-order valence-corrected chi connectivity index (χ2v) is 8.60. The van der Waals surface area contributed by atoms with Crippen molar-refractivity contribution in [3.8, 4) is 5.88 Å². The number of benzene rings is 1. The average molecular weight is 452 g/mol. The SMILES string of the molecule is CS(=O)(=O)OC[C@@H](NC(=O)OCc1ccccc1)C(O)c1ccc(OC2COC2)nc1. The quantitative estimate of drug-likeness (QED) is 0.510. The Bertz CT molecular complexity index is 949. The number of carbonyl (C=O) groups is 1. The smallest absolute Gasteiger partial charge is 0.407 e. The van der Waals surface area contributed by atoms with E-state index in [4.69, 9.17) is 18.4 Å². The molecule has 1 aromatic carbocycles. The van der Waals surface area contributed by atoms with Gasteiger partial charge in [0, 0.05) is 17.8 Å². The monoisotopic (exact) mass is 452 g/mol. The summed E-state index contributed by atoms with van der Waals surface area (Å²) in [7, 11) is -3.79. The highest BCUT2D eigenvalue weighted by Crippen LogP contribution is 2.21. The van der Waals surface area contributed by atoms with Crippen LogP contribution < -0.4 is 10.1 Å². The Morgan fingerprint density at radius 2 is 2.00 bits per heavy atom. The number of rotatable bonds is 10. The van der Waals surface area contributed by atoms with Crippen molar-refractivity contribution in [2.45, 2.75) is 24.9 Å². The molecule has 1 aliphatic heterocycles. The number of amides is 1. The minimum absolute atomic E-state index is 0.0148. The molecular weight excluding hydrogens is 428 g/mol. The standard InChI is InChI=1S/C20H24N2O8S/c1-31(25,26)29-13-17(22-20(24)28-10-14-5-3-2-4-6-14)19(23)15-7-8-18(21-9-15)30-16-11-27-12-16/h2-9,16-17,19,23H,10-13H2,1H3,(H,22,24)/t17-,19?/m1/s1. The molecule has 1 saturated heterocycles. The zero-order chi connectivity index (χ0) is 22.3. The van der Waals surface area contributed by atoms with E-state index < -0.39 is 35.0 Å². The van der Waals surface area contributed by atoms with E-state index in [0.717, 1.165) is 11.8 Å². The van der Waals surface area contributed by atoms with E-state index in [1.165, 1.54) is 6.20 Å². The molecule has 3 rings (SSSR count). The van der Waals surface area contributed by atoms with Crippen LogP contribution in [0.3, 0.4) is 0 Å². The maximum absolute atomic E-state index is 12.2. The molecule has 0 saturated carbocycles. The molecule has 1 aliphatic rings. The Balaban J connectivity index is 1.62. The molecule has 1 aromatic heterocycles. The molecule has 0 radical (unpaired) electrons. The van der Waals surface area contributed by atoms with Gasteiger partial charge in [0.05, 0.1) is 32.1 Å². The summed E-state index contributed by atoms with van der Waals surface area (Å²) in [6.45, 7) is 0.511. The summed E-state index contributed by atoms with van der Waals surface area (Å²) >= 11 is 0. The van der Waals surface area contributed by atoms with E-state index in [1.807, 2.05) is 18.2 Å². The van der Waals surface area contributed by atoms with Crippen LogP contribution in [0.2, 0.25) is 0 Å². The predicted molar refractivity (Wildman–Crippen MR) is 109 cm³/mol. The van der Waals surface area contributed by atoms with Crippen LogP contribution in [-0.4, -0.2) is 62.8 Å². The second-order valence-electron chi connectivity index (χ2n) is 6.95. The molecule has 31 heavy (non-hydrogen) atoms. The number of carbonyl (C=O) groups excluding carboxylic acids is 1. The summed E-state index contributed by atoms with van der Waals surface area (Å²) < 4.78 is 43.3. The molecule has 2 atom stereocenters. The molecule has 1 amide bonds. The van der Waals surface area contributed by atoms with Gasteiger partial charge in [-0.3, -0.25) is 4.18 Å². The van der Waals surface area contributed by atoms with Gasteiger partial charge in [-0.1, -0.05) is 30.3 Å². The van der Waals surface area contributed by atoms with E-state index in [9.17, 15) is 18.3 Å². The first-order chi connectivity index (χ1) is 14.8. The molecule has 11 heteroatoms. The summed E-state index contributed by atoms with van der Waals surface area (Å²) in [6, 6.07) is 11.1. The maximum atomic E-state index is 12.2. The van der Waals surface area contributed by atoms with Crippen LogP contribution in [0.25, 0.3) is 0 Å². The number of nitrogens with zero attached hydrogens (tertiary/aromatic N) is 1. The number of nitrogens with one attached hydrogen (secondary N) is 1. The third-order valence-electron chi connectivity index (χ3n) is 4.35. The third kappa shape index (κ3) is 7.47. The number of alkyl carbamates (subject to hydrolysis) is 1. The number of aliphatic hydroxyl groups excluding tert-OH is 1. The van der Waals surface area contributed by atoms with E-state index in [2.05, 4.69) is 10.3 Å². The van der Waals surface area contributed by atoms with Gasteiger partial charge in [-0.2, -0.15) is 8.42 Å². The molecule has 0 spiro atoms. The van der Waals surface area contributed by atoms with Crippen molar-refractivity contribution in [1.29, 1.82) is 0 Å². The van der Waals surface area contributed by atoms with Crippen LogP contribution in [-0.2, 0) is 30.4 Å². The lowest BCUT2D eigenvalue weighted by Gasteiger charge is -2.26. The zero-order valence-corrected chi connectivity index (χ0v) is 17.7. The fraction of sp³-hybridized carbons (Fsp3) is 0.400. The minimum Gasteiger partial charge on any atom is -0.469 e. The summed E-state index contributed by atoms with van der Waals surface area (Å²) in [5, 5.41) is 13.1. The Labute approximate surface area is 180 Å². The van der Waals surface area contributed by atoms with Crippen molar-refractivity contribution in [2.24, 2.45) is 0 Å². The zero-order valence-electron chi connectivity index (χ0n) is 16.8. The molecule has 2 aromatic rings. The van der Waals surface area contributed by atoms with Crippen molar-refractivity contribution in [2.75, 3.05) is 26.1 Å². The highest BCUT2D eigenvalue weighted by molar-refractivity contribution is 7.85. The molecule has 168 valence electrons.